The van der Waals surface area contributed by atoms with Crippen LogP contribution in [0.25, 0.3) is 11.0 Å². The average molecular weight is 314 g/mol. The van der Waals surface area contributed by atoms with Crippen LogP contribution in [0.5, 0.6) is 0 Å². The SMILES string of the molecule is Cc1ccc(C)c2c(C)c(C(=O)NCCN3CCCCC3)oc12. The second kappa shape index (κ2) is 6.75. The Labute approximate surface area is 137 Å². The molecule has 0 spiro atoms. The van der Waals surface area contributed by atoms with Gasteiger partial charge in [-0.2, -0.15) is 0 Å². The van der Waals surface area contributed by atoms with Gasteiger partial charge in [0.15, 0.2) is 5.76 Å². The van der Waals surface area contributed by atoms with E-state index in [4.69, 9.17) is 4.42 Å². The molecule has 1 saturated heterocycles. The van der Waals surface area contributed by atoms with E-state index in [0.717, 1.165) is 47.3 Å². The van der Waals surface area contributed by atoms with Crippen LogP contribution in [0.4, 0.5) is 0 Å². The first kappa shape index (κ1) is 16.1. The van der Waals surface area contributed by atoms with Gasteiger partial charge >= 0.3 is 0 Å². The summed E-state index contributed by atoms with van der Waals surface area (Å²) in [6, 6.07) is 4.12. The van der Waals surface area contributed by atoms with E-state index in [2.05, 4.69) is 23.2 Å². The molecule has 0 radical (unpaired) electrons. The van der Waals surface area contributed by atoms with Gasteiger partial charge in [0.1, 0.15) is 5.58 Å². The summed E-state index contributed by atoms with van der Waals surface area (Å²) in [7, 11) is 0. The number of nitrogens with one attached hydrogen (secondary N) is 1. The van der Waals surface area contributed by atoms with Crippen molar-refractivity contribution >= 4 is 16.9 Å². The molecule has 4 nitrogen and oxygen atoms in total. The Morgan fingerprint density at radius 2 is 1.83 bits per heavy atom. The van der Waals surface area contributed by atoms with Crippen LogP contribution in [0.3, 0.4) is 0 Å². The van der Waals surface area contributed by atoms with Crippen LogP contribution >= 0.6 is 0 Å². The predicted molar refractivity (Wildman–Crippen MR) is 93.0 cm³/mol. The molecule has 1 aliphatic rings. The van der Waals surface area contributed by atoms with Crippen molar-refractivity contribution in [2.45, 2.75) is 40.0 Å². The number of aryl methyl sites for hydroxylation is 3. The first-order chi connectivity index (χ1) is 11.1. The molecule has 3 rings (SSSR count). The molecular formula is C19H26N2O2. The molecule has 0 aliphatic carbocycles. The number of fused-ring (bicyclic) bond motifs is 1. The Kier molecular flexibility index (Phi) is 4.71. The Bertz CT molecular complexity index is 712. The zero-order valence-corrected chi connectivity index (χ0v) is 14.4. The molecule has 0 unspecified atom stereocenters. The van der Waals surface area contributed by atoms with Crippen molar-refractivity contribution in [3.63, 3.8) is 0 Å². The molecule has 1 fully saturated rings. The van der Waals surface area contributed by atoms with Crippen molar-refractivity contribution in [3.8, 4) is 0 Å². The summed E-state index contributed by atoms with van der Waals surface area (Å²) in [5, 5.41) is 4.09. The zero-order valence-electron chi connectivity index (χ0n) is 14.4. The topological polar surface area (TPSA) is 45.5 Å². The molecular weight excluding hydrogens is 288 g/mol. The third-order valence-corrected chi connectivity index (χ3v) is 4.85. The second-order valence-corrected chi connectivity index (χ2v) is 6.62. The van der Waals surface area contributed by atoms with Crippen LogP contribution < -0.4 is 5.32 Å². The van der Waals surface area contributed by atoms with E-state index in [0.29, 0.717) is 12.3 Å². The molecule has 124 valence electrons. The van der Waals surface area contributed by atoms with Crippen molar-refractivity contribution in [3.05, 3.63) is 34.6 Å². The highest BCUT2D eigenvalue weighted by atomic mass is 16.3. The minimum absolute atomic E-state index is 0.102. The standard InChI is InChI=1S/C19H26N2O2/c1-13-7-8-14(2)17-16(13)15(3)18(23-17)19(22)20-9-12-21-10-5-4-6-11-21/h7-8H,4-6,9-12H2,1-3H3,(H,20,22). The highest BCUT2D eigenvalue weighted by Crippen LogP contribution is 2.30. The normalized spacial score (nSPS) is 16.0. The van der Waals surface area contributed by atoms with Crippen LogP contribution in [-0.4, -0.2) is 37.0 Å². The van der Waals surface area contributed by atoms with E-state index in [1.807, 2.05) is 19.9 Å². The summed E-state index contributed by atoms with van der Waals surface area (Å²) in [6.45, 7) is 9.94. The van der Waals surface area contributed by atoms with E-state index < -0.39 is 0 Å². The number of hydrogen-bond donors (Lipinski definition) is 1. The molecule has 1 amide bonds. The number of furan rings is 1. The fraction of sp³-hybridized carbons (Fsp3) is 0.526. The van der Waals surface area contributed by atoms with Crippen molar-refractivity contribution in [1.29, 1.82) is 0 Å². The first-order valence-electron chi connectivity index (χ1n) is 8.58. The monoisotopic (exact) mass is 314 g/mol. The molecule has 1 aromatic heterocycles. The van der Waals surface area contributed by atoms with E-state index in [-0.39, 0.29) is 5.91 Å². The number of likely N-dealkylation sites (tertiary alicyclic amines) is 1. The Balaban J connectivity index is 1.70. The van der Waals surface area contributed by atoms with Crippen molar-refractivity contribution in [1.82, 2.24) is 10.2 Å². The maximum absolute atomic E-state index is 12.5. The van der Waals surface area contributed by atoms with Crippen LogP contribution in [0, 0.1) is 20.8 Å². The maximum Gasteiger partial charge on any atom is 0.287 e. The third-order valence-electron chi connectivity index (χ3n) is 4.85. The zero-order chi connectivity index (χ0) is 16.4. The summed E-state index contributed by atoms with van der Waals surface area (Å²) in [6.07, 6.45) is 3.88. The lowest BCUT2D eigenvalue weighted by atomic mass is 10.0. The molecule has 2 heterocycles. The number of hydrogen-bond acceptors (Lipinski definition) is 3. The van der Waals surface area contributed by atoms with Gasteiger partial charge in [-0.05, 0) is 57.8 Å². The Hall–Kier alpha value is -1.81. The molecule has 0 atom stereocenters. The lowest BCUT2D eigenvalue weighted by molar-refractivity contribution is 0.0920. The van der Waals surface area contributed by atoms with E-state index in [1.54, 1.807) is 0 Å². The highest BCUT2D eigenvalue weighted by molar-refractivity contribution is 6.00. The Morgan fingerprint density at radius 3 is 2.52 bits per heavy atom. The predicted octanol–water partition coefficient (Wildman–Crippen LogP) is 3.57. The molecule has 0 saturated carbocycles. The Morgan fingerprint density at radius 1 is 1.13 bits per heavy atom. The van der Waals surface area contributed by atoms with Gasteiger partial charge in [0.05, 0.1) is 0 Å². The lowest BCUT2D eigenvalue weighted by Crippen LogP contribution is -2.37. The van der Waals surface area contributed by atoms with Crippen LogP contribution in [0.15, 0.2) is 16.5 Å². The number of piperidine rings is 1. The van der Waals surface area contributed by atoms with Crippen LogP contribution in [-0.2, 0) is 0 Å². The largest absolute Gasteiger partial charge is 0.450 e. The van der Waals surface area contributed by atoms with Gasteiger partial charge in [0.25, 0.3) is 5.91 Å². The quantitative estimate of drug-likeness (QED) is 0.938. The number of carbonyl (C=O) groups excluding carboxylic acids is 1. The smallest absolute Gasteiger partial charge is 0.287 e. The average Bonchev–Trinajstić information content (AvgIpc) is 2.91. The number of benzene rings is 1. The summed E-state index contributed by atoms with van der Waals surface area (Å²) in [5.41, 5.74) is 4.00. The fourth-order valence-electron chi connectivity index (χ4n) is 3.48. The highest BCUT2D eigenvalue weighted by Gasteiger charge is 2.20. The molecule has 1 aromatic carbocycles. The van der Waals surface area contributed by atoms with Gasteiger partial charge in [0.2, 0.25) is 0 Å². The molecule has 1 N–H and O–H groups in total. The number of carbonyl (C=O) groups is 1. The van der Waals surface area contributed by atoms with Gasteiger partial charge in [-0.25, -0.2) is 0 Å². The summed E-state index contributed by atoms with van der Waals surface area (Å²) in [4.78, 5) is 14.9. The van der Waals surface area contributed by atoms with Crippen molar-refractivity contribution in [2.75, 3.05) is 26.2 Å². The van der Waals surface area contributed by atoms with E-state index in [9.17, 15) is 4.79 Å². The maximum atomic E-state index is 12.5. The van der Waals surface area contributed by atoms with Crippen molar-refractivity contribution < 1.29 is 9.21 Å². The molecule has 4 heteroatoms. The van der Waals surface area contributed by atoms with Gasteiger partial charge in [-0.15, -0.1) is 0 Å². The fourth-order valence-corrected chi connectivity index (χ4v) is 3.48. The molecule has 0 bridgehead atoms. The number of nitrogens with zero attached hydrogens (tertiary/aromatic N) is 1. The lowest BCUT2D eigenvalue weighted by Gasteiger charge is -2.26. The van der Waals surface area contributed by atoms with Crippen LogP contribution in [0.2, 0.25) is 0 Å². The summed E-state index contributed by atoms with van der Waals surface area (Å²) in [5.74, 6) is 0.352. The summed E-state index contributed by atoms with van der Waals surface area (Å²) < 4.78 is 5.89. The van der Waals surface area contributed by atoms with Crippen molar-refractivity contribution in [2.24, 2.45) is 0 Å². The van der Waals surface area contributed by atoms with E-state index in [1.165, 1.54) is 19.3 Å². The van der Waals surface area contributed by atoms with Gasteiger partial charge < -0.3 is 14.6 Å². The third kappa shape index (κ3) is 3.27. The number of amides is 1. The number of rotatable bonds is 4. The minimum Gasteiger partial charge on any atom is -0.450 e. The van der Waals surface area contributed by atoms with Crippen LogP contribution in [0.1, 0.15) is 46.5 Å². The molecule has 2 aromatic rings. The first-order valence-corrected chi connectivity index (χ1v) is 8.58. The van der Waals surface area contributed by atoms with E-state index >= 15 is 0 Å². The second-order valence-electron chi connectivity index (χ2n) is 6.62. The van der Waals surface area contributed by atoms with Gasteiger partial charge in [0, 0.05) is 24.0 Å². The molecule has 1 aliphatic heterocycles. The molecule has 23 heavy (non-hydrogen) atoms. The van der Waals surface area contributed by atoms with Gasteiger partial charge in [-0.3, -0.25) is 4.79 Å². The minimum atomic E-state index is -0.102. The van der Waals surface area contributed by atoms with Gasteiger partial charge in [-0.1, -0.05) is 18.6 Å². The summed E-state index contributed by atoms with van der Waals surface area (Å²) >= 11 is 0.